The highest BCUT2D eigenvalue weighted by Gasteiger charge is 2.09. The minimum atomic E-state index is 0.407. The molecular weight excluding hydrogens is 373 g/mol. The van der Waals surface area contributed by atoms with E-state index in [0.717, 1.165) is 15.6 Å². The van der Waals surface area contributed by atoms with Crippen molar-refractivity contribution in [1.29, 1.82) is 5.26 Å². The predicted octanol–water partition coefficient (Wildman–Crippen LogP) is 5.83. The molecule has 0 aliphatic heterocycles. The number of benzene rings is 2. The maximum atomic E-state index is 9.33. The summed E-state index contributed by atoms with van der Waals surface area (Å²) in [7, 11) is 1.51. The number of rotatable bonds is 3. The molecule has 0 unspecified atom stereocenters. The third-order valence-electron chi connectivity index (χ3n) is 2.81. The van der Waals surface area contributed by atoms with Crippen molar-refractivity contribution >= 4 is 50.8 Å². The number of halogens is 3. The Kier molecular flexibility index (Phi) is 5.30. The second-order valence-corrected chi connectivity index (χ2v) is 5.92. The molecule has 0 radical (unpaired) electrons. The summed E-state index contributed by atoms with van der Waals surface area (Å²) in [5.41, 5.74) is 2.09. The lowest BCUT2D eigenvalue weighted by atomic mass is 10.0. The molecule has 2 nitrogen and oxygen atoms in total. The number of allylic oxidation sites excluding steroid dienone is 1. The summed E-state index contributed by atoms with van der Waals surface area (Å²) < 4.78 is 6.06. The summed E-state index contributed by atoms with van der Waals surface area (Å²) in [4.78, 5) is 0. The Bertz CT molecular complexity index is 710. The number of nitriles is 1. The van der Waals surface area contributed by atoms with Gasteiger partial charge in [-0.2, -0.15) is 5.26 Å². The van der Waals surface area contributed by atoms with Crippen LogP contribution in [0.3, 0.4) is 0 Å². The van der Waals surface area contributed by atoms with Crippen molar-refractivity contribution in [3.05, 3.63) is 62.0 Å². The van der Waals surface area contributed by atoms with Crippen LogP contribution < -0.4 is 4.74 Å². The highest BCUT2D eigenvalue weighted by molar-refractivity contribution is 9.10. The van der Waals surface area contributed by atoms with Gasteiger partial charge in [0, 0.05) is 4.47 Å². The lowest BCUT2D eigenvalue weighted by Gasteiger charge is -2.07. The van der Waals surface area contributed by atoms with Gasteiger partial charge in [-0.25, -0.2) is 0 Å². The molecule has 0 amide bonds. The van der Waals surface area contributed by atoms with E-state index in [1.807, 2.05) is 24.3 Å². The van der Waals surface area contributed by atoms with Gasteiger partial charge in [-0.05, 0) is 41.5 Å². The number of nitrogens with zero attached hydrogens (tertiary/aromatic N) is 1. The van der Waals surface area contributed by atoms with Gasteiger partial charge >= 0.3 is 0 Å². The Hall–Kier alpha value is -1.47. The van der Waals surface area contributed by atoms with Crippen LogP contribution in [0.15, 0.2) is 40.9 Å². The molecule has 0 N–H and O–H groups in total. The van der Waals surface area contributed by atoms with E-state index < -0.39 is 0 Å². The molecule has 0 saturated carbocycles. The van der Waals surface area contributed by atoms with Crippen LogP contribution in [-0.4, -0.2) is 7.11 Å². The number of methoxy groups -OCH3 is 1. The van der Waals surface area contributed by atoms with E-state index in [2.05, 4.69) is 22.0 Å². The fraction of sp³-hybridized carbons (Fsp3) is 0.0625. The molecule has 2 aromatic carbocycles. The number of hydrogen-bond acceptors (Lipinski definition) is 2. The molecule has 5 heteroatoms. The van der Waals surface area contributed by atoms with Crippen molar-refractivity contribution in [3.8, 4) is 11.8 Å². The largest absolute Gasteiger partial charge is 0.494 e. The van der Waals surface area contributed by atoms with Crippen molar-refractivity contribution < 1.29 is 4.74 Å². The summed E-state index contributed by atoms with van der Waals surface area (Å²) in [5, 5.41) is 10.1. The SMILES string of the molecule is COc1c(Cl)cc(/C=C(\C#N)c2ccc(Br)cc2)cc1Cl. The van der Waals surface area contributed by atoms with Crippen molar-refractivity contribution in [1.82, 2.24) is 0 Å². The van der Waals surface area contributed by atoms with E-state index in [0.29, 0.717) is 21.4 Å². The Morgan fingerprint density at radius 3 is 2.24 bits per heavy atom. The van der Waals surface area contributed by atoms with Crippen molar-refractivity contribution in [2.75, 3.05) is 7.11 Å². The summed E-state index contributed by atoms with van der Waals surface area (Å²) in [6, 6.07) is 13.1. The van der Waals surface area contributed by atoms with E-state index in [1.165, 1.54) is 7.11 Å². The molecule has 0 spiro atoms. The average Bonchev–Trinajstić information content (AvgIpc) is 2.45. The van der Waals surface area contributed by atoms with Crippen LogP contribution >= 0.6 is 39.1 Å². The Balaban J connectivity index is 2.46. The van der Waals surface area contributed by atoms with Crippen LogP contribution in [-0.2, 0) is 0 Å². The molecule has 2 aromatic rings. The monoisotopic (exact) mass is 381 g/mol. The van der Waals surface area contributed by atoms with E-state index in [1.54, 1.807) is 18.2 Å². The minimum Gasteiger partial charge on any atom is -0.494 e. The van der Waals surface area contributed by atoms with Gasteiger partial charge in [-0.1, -0.05) is 51.3 Å². The average molecular weight is 383 g/mol. The highest BCUT2D eigenvalue weighted by atomic mass is 79.9. The first-order chi connectivity index (χ1) is 10.0. The van der Waals surface area contributed by atoms with Crippen molar-refractivity contribution in [2.24, 2.45) is 0 Å². The van der Waals surface area contributed by atoms with Gasteiger partial charge in [0.25, 0.3) is 0 Å². The van der Waals surface area contributed by atoms with E-state index >= 15 is 0 Å². The Morgan fingerprint density at radius 1 is 1.19 bits per heavy atom. The molecular formula is C16H10BrCl2NO. The Labute approximate surface area is 141 Å². The van der Waals surface area contributed by atoms with Crippen molar-refractivity contribution in [3.63, 3.8) is 0 Å². The van der Waals surface area contributed by atoms with Crippen LogP contribution in [0, 0.1) is 11.3 Å². The standard InChI is InChI=1S/C16H10BrCl2NO/c1-21-16-14(18)7-10(8-15(16)19)6-12(9-20)11-2-4-13(17)5-3-11/h2-8H,1H3/b12-6+. The first-order valence-electron chi connectivity index (χ1n) is 5.96. The second-order valence-electron chi connectivity index (χ2n) is 4.19. The van der Waals surface area contributed by atoms with Crippen LogP contribution in [0.2, 0.25) is 10.0 Å². The van der Waals surface area contributed by atoms with Gasteiger partial charge in [0.1, 0.15) is 0 Å². The molecule has 0 aromatic heterocycles. The lowest BCUT2D eigenvalue weighted by molar-refractivity contribution is 0.415. The normalized spacial score (nSPS) is 11.1. The molecule has 0 bridgehead atoms. The smallest absolute Gasteiger partial charge is 0.156 e. The second kappa shape index (κ2) is 7.00. The summed E-state index contributed by atoms with van der Waals surface area (Å²) in [6.07, 6.45) is 1.74. The van der Waals surface area contributed by atoms with Crippen LogP contribution in [0.5, 0.6) is 5.75 Å². The molecule has 2 rings (SSSR count). The zero-order valence-electron chi connectivity index (χ0n) is 11.0. The molecule has 0 heterocycles. The molecule has 21 heavy (non-hydrogen) atoms. The van der Waals surface area contributed by atoms with Gasteiger partial charge in [0.15, 0.2) is 5.75 Å². The van der Waals surface area contributed by atoms with E-state index in [-0.39, 0.29) is 0 Å². The predicted molar refractivity (Wildman–Crippen MR) is 90.6 cm³/mol. The zero-order valence-corrected chi connectivity index (χ0v) is 14.1. The summed E-state index contributed by atoms with van der Waals surface area (Å²) in [6.45, 7) is 0. The van der Waals surface area contributed by atoms with Gasteiger partial charge < -0.3 is 4.74 Å². The maximum absolute atomic E-state index is 9.33. The van der Waals surface area contributed by atoms with Gasteiger partial charge in [-0.15, -0.1) is 0 Å². The fourth-order valence-corrected chi connectivity index (χ4v) is 2.76. The topological polar surface area (TPSA) is 33.0 Å². The molecule has 0 atom stereocenters. The minimum absolute atomic E-state index is 0.407. The van der Waals surface area contributed by atoms with Gasteiger partial charge in [0.05, 0.1) is 28.8 Å². The third kappa shape index (κ3) is 3.79. The van der Waals surface area contributed by atoms with Crippen LogP contribution in [0.25, 0.3) is 11.6 Å². The first kappa shape index (κ1) is 15.9. The van der Waals surface area contributed by atoms with Crippen LogP contribution in [0.1, 0.15) is 11.1 Å². The lowest BCUT2D eigenvalue weighted by Crippen LogP contribution is -1.87. The van der Waals surface area contributed by atoms with Gasteiger partial charge in [-0.3, -0.25) is 0 Å². The first-order valence-corrected chi connectivity index (χ1v) is 7.51. The number of hydrogen-bond donors (Lipinski definition) is 0. The highest BCUT2D eigenvalue weighted by Crippen LogP contribution is 2.35. The molecule has 0 aliphatic rings. The zero-order chi connectivity index (χ0) is 15.4. The van der Waals surface area contributed by atoms with Gasteiger partial charge in [0.2, 0.25) is 0 Å². The maximum Gasteiger partial charge on any atom is 0.156 e. The summed E-state index contributed by atoms with van der Waals surface area (Å²) >= 11 is 15.6. The molecule has 0 aliphatic carbocycles. The quantitative estimate of drug-likeness (QED) is 0.494. The molecule has 106 valence electrons. The van der Waals surface area contributed by atoms with E-state index in [9.17, 15) is 5.26 Å². The third-order valence-corrected chi connectivity index (χ3v) is 3.90. The Morgan fingerprint density at radius 2 is 1.76 bits per heavy atom. The number of ether oxygens (including phenoxy) is 1. The molecule has 0 saturated heterocycles. The summed E-state index contributed by atoms with van der Waals surface area (Å²) in [5.74, 6) is 0.428. The van der Waals surface area contributed by atoms with E-state index in [4.69, 9.17) is 27.9 Å². The molecule has 0 fully saturated rings. The van der Waals surface area contributed by atoms with Crippen LogP contribution in [0.4, 0.5) is 0 Å². The fourth-order valence-electron chi connectivity index (χ4n) is 1.83. The van der Waals surface area contributed by atoms with Crippen molar-refractivity contribution in [2.45, 2.75) is 0 Å².